The Morgan fingerprint density at radius 2 is 1.64 bits per heavy atom. The third-order valence-corrected chi connectivity index (χ3v) is 1.75. The minimum absolute atomic E-state index is 0.140. The maximum absolute atomic E-state index is 5.36. The van der Waals surface area contributed by atoms with Gasteiger partial charge >= 0.3 is 0 Å². The van der Waals surface area contributed by atoms with Gasteiger partial charge in [0.25, 0.3) is 0 Å². The van der Waals surface area contributed by atoms with E-state index in [2.05, 4.69) is 18.8 Å². The lowest BCUT2D eigenvalue weighted by atomic mass is 10.2. The van der Waals surface area contributed by atoms with Gasteiger partial charge < -0.3 is 9.47 Å². The molecule has 2 heteroatoms. The van der Waals surface area contributed by atoms with E-state index in [9.17, 15) is 0 Å². The van der Waals surface area contributed by atoms with Gasteiger partial charge in [-0.1, -0.05) is 19.3 Å². The molecule has 0 aliphatic carbocycles. The van der Waals surface area contributed by atoms with E-state index in [0.717, 1.165) is 6.42 Å². The summed E-state index contributed by atoms with van der Waals surface area (Å²) in [7, 11) is 0. The molecular weight excluding hydrogens is 176 g/mol. The van der Waals surface area contributed by atoms with Crippen LogP contribution in [0.5, 0.6) is 0 Å². The van der Waals surface area contributed by atoms with Gasteiger partial charge in [0.05, 0.1) is 6.42 Å². The van der Waals surface area contributed by atoms with E-state index in [1.807, 2.05) is 13.8 Å². The average Bonchev–Trinajstić information content (AvgIpc) is 2.18. The Bertz CT molecular complexity index is 161. The summed E-state index contributed by atoms with van der Waals surface area (Å²) >= 11 is 0. The van der Waals surface area contributed by atoms with Crippen LogP contribution in [-0.2, 0) is 9.47 Å². The predicted octanol–water partition coefficient (Wildman–Crippen LogP) is 2.97. The Balaban J connectivity index is 3.60. The molecule has 0 saturated carbocycles. The summed E-state index contributed by atoms with van der Waals surface area (Å²) in [5.74, 6) is 6.21. The molecular formula is C12H22O2. The maximum atomic E-state index is 5.36. The Labute approximate surface area is 88.0 Å². The van der Waals surface area contributed by atoms with Crippen molar-refractivity contribution in [2.45, 2.75) is 52.7 Å². The van der Waals surface area contributed by atoms with Crippen molar-refractivity contribution in [1.82, 2.24) is 0 Å². The Morgan fingerprint density at radius 1 is 1.00 bits per heavy atom. The van der Waals surface area contributed by atoms with E-state index in [-0.39, 0.29) is 6.29 Å². The number of hydrogen-bond donors (Lipinski definition) is 0. The molecule has 0 radical (unpaired) electrons. The first-order valence-corrected chi connectivity index (χ1v) is 5.54. The molecule has 0 aliphatic rings. The van der Waals surface area contributed by atoms with Gasteiger partial charge in [0.2, 0.25) is 0 Å². The Hall–Kier alpha value is -0.520. The first kappa shape index (κ1) is 13.5. The summed E-state index contributed by atoms with van der Waals surface area (Å²) in [6.07, 6.45) is 3.92. The van der Waals surface area contributed by atoms with Gasteiger partial charge in [-0.2, -0.15) is 0 Å². The Kier molecular flexibility index (Phi) is 10.2. The van der Waals surface area contributed by atoms with Gasteiger partial charge in [-0.05, 0) is 20.3 Å². The summed E-state index contributed by atoms with van der Waals surface area (Å²) in [5.41, 5.74) is 0. The number of ether oxygens (including phenoxy) is 2. The molecule has 0 spiro atoms. The van der Waals surface area contributed by atoms with Gasteiger partial charge in [-0.3, -0.25) is 0 Å². The fourth-order valence-corrected chi connectivity index (χ4v) is 1.05. The average molecular weight is 198 g/mol. The molecule has 14 heavy (non-hydrogen) atoms. The maximum Gasteiger partial charge on any atom is 0.168 e. The molecule has 0 fully saturated rings. The number of unbranched alkanes of at least 4 members (excludes halogenated alkanes) is 2. The lowest BCUT2D eigenvalue weighted by Crippen LogP contribution is -2.16. The van der Waals surface area contributed by atoms with Crippen molar-refractivity contribution in [2.24, 2.45) is 0 Å². The molecule has 82 valence electrons. The molecule has 0 aliphatic heterocycles. The topological polar surface area (TPSA) is 18.5 Å². The lowest BCUT2D eigenvalue weighted by Gasteiger charge is -2.13. The van der Waals surface area contributed by atoms with Gasteiger partial charge in [0.1, 0.15) is 0 Å². The molecule has 0 aromatic carbocycles. The molecule has 0 heterocycles. The zero-order chi connectivity index (χ0) is 10.6. The third kappa shape index (κ3) is 8.10. The summed E-state index contributed by atoms with van der Waals surface area (Å²) in [5, 5.41) is 0. The quantitative estimate of drug-likeness (QED) is 0.356. The first-order valence-electron chi connectivity index (χ1n) is 5.54. The fourth-order valence-electron chi connectivity index (χ4n) is 1.05. The molecule has 0 aromatic heterocycles. The van der Waals surface area contributed by atoms with Gasteiger partial charge in [-0.15, -0.1) is 5.92 Å². The van der Waals surface area contributed by atoms with E-state index in [0.29, 0.717) is 19.6 Å². The summed E-state index contributed by atoms with van der Waals surface area (Å²) < 4.78 is 10.7. The second-order valence-corrected chi connectivity index (χ2v) is 3.00. The zero-order valence-corrected chi connectivity index (χ0v) is 9.64. The van der Waals surface area contributed by atoms with Gasteiger partial charge in [-0.25, -0.2) is 0 Å². The van der Waals surface area contributed by atoms with Crippen LogP contribution < -0.4 is 0 Å². The Morgan fingerprint density at radius 3 is 2.14 bits per heavy atom. The standard InChI is InChI=1S/C12H22O2/c1-4-7-8-9-10-11-12(13-5-2)14-6-3/h12H,4-8,11H2,1-3H3. The number of hydrogen-bond acceptors (Lipinski definition) is 2. The van der Waals surface area contributed by atoms with Crippen molar-refractivity contribution in [3.8, 4) is 11.8 Å². The largest absolute Gasteiger partial charge is 0.352 e. The first-order chi connectivity index (χ1) is 6.85. The molecule has 0 rings (SSSR count). The molecule has 0 saturated heterocycles. The van der Waals surface area contributed by atoms with Crippen molar-refractivity contribution < 1.29 is 9.47 Å². The molecule has 0 unspecified atom stereocenters. The van der Waals surface area contributed by atoms with Crippen molar-refractivity contribution in [3.05, 3.63) is 0 Å². The third-order valence-electron chi connectivity index (χ3n) is 1.75. The molecule has 2 nitrogen and oxygen atoms in total. The van der Waals surface area contributed by atoms with E-state index >= 15 is 0 Å². The second kappa shape index (κ2) is 10.6. The minimum atomic E-state index is -0.140. The summed E-state index contributed by atoms with van der Waals surface area (Å²) in [4.78, 5) is 0. The molecule has 0 atom stereocenters. The minimum Gasteiger partial charge on any atom is -0.352 e. The fraction of sp³-hybridized carbons (Fsp3) is 0.833. The lowest BCUT2D eigenvalue weighted by molar-refractivity contribution is -0.131. The van der Waals surface area contributed by atoms with Crippen molar-refractivity contribution in [2.75, 3.05) is 13.2 Å². The van der Waals surface area contributed by atoms with Crippen LogP contribution in [0.4, 0.5) is 0 Å². The molecule has 0 aromatic rings. The van der Waals surface area contributed by atoms with Crippen molar-refractivity contribution in [1.29, 1.82) is 0 Å². The normalized spacial score (nSPS) is 10.0. The predicted molar refractivity (Wildman–Crippen MR) is 59.0 cm³/mol. The summed E-state index contributed by atoms with van der Waals surface area (Å²) in [6.45, 7) is 7.47. The highest BCUT2D eigenvalue weighted by molar-refractivity contribution is 4.99. The van der Waals surface area contributed by atoms with Crippen LogP contribution in [0.2, 0.25) is 0 Å². The number of rotatable bonds is 7. The van der Waals surface area contributed by atoms with Crippen LogP contribution in [0.15, 0.2) is 0 Å². The van der Waals surface area contributed by atoms with Crippen LogP contribution in [-0.4, -0.2) is 19.5 Å². The van der Waals surface area contributed by atoms with Crippen molar-refractivity contribution in [3.63, 3.8) is 0 Å². The second-order valence-electron chi connectivity index (χ2n) is 3.00. The van der Waals surface area contributed by atoms with Crippen molar-refractivity contribution >= 4 is 0 Å². The molecule has 0 bridgehead atoms. The van der Waals surface area contributed by atoms with Crippen LogP contribution in [0.25, 0.3) is 0 Å². The van der Waals surface area contributed by atoms with Crippen LogP contribution in [0.3, 0.4) is 0 Å². The highest BCUT2D eigenvalue weighted by Gasteiger charge is 2.03. The smallest absolute Gasteiger partial charge is 0.168 e. The van der Waals surface area contributed by atoms with E-state index in [1.54, 1.807) is 0 Å². The zero-order valence-electron chi connectivity index (χ0n) is 9.64. The van der Waals surface area contributed by atoms with Crippen LogP contribution in [0.1, 0.15) is 46.5 Å². The van der Waals surface area contributed by atoms with E-state index in [1.165, 1.54) is 12.8 Å². The van der Waals surface area contributed by atoms with Gasteiger partial charge in [0.15, 0.2) is 6.29 Å². The monoisotopic (exact) mass is 198 g/mol. The van der Waals surface area contributed by atoms with Gasteiger partial charge in [0, 0.05) is 19.6 Å². The van der Waals surface area contributed by atoms with Crippen LogP contribution >= 0.6 is 0 Å². The summed E-state index contributed by atoms with van der Waals surface area (Å²) in [6, 6.07) is 0. The highest BCUT2D eigenvalue weighted by Crippen LogP contribution is 2.00. The van der Waals surface area contributed by atoms with E-state index in [4.69, 9.17) is 9.47 Å². The molecule has 0 N–H and O–H groups in total. The van der Waals surface area contributed by atoms with E-state index < -0.39 is 0 Å². The highest BCUT2D eigenvalue weighted by atomic mass is 16.7. The molecule has 0 amide bonds. The van der Waals surface area contributed by atoms with Crippen LogP contribution in [0, 0.1) is 11.8 Å². The SMILES string of the molecule is CCCCC#CCC(OCC)OCC.